The maximum atomic E-state index is 13.3. The summed E-state index contributed by atoms with van der Waals surface area (Å²) >= 11 is 0. The van der Waals surface area contributed by atoms with Gasteiger partial charge in [-0.25, -0.2) is 13.6 Å². The van der Waals surface area contributed by atoms with Crippen LogP contribution >= 0.6 is 0 Å². The molecule has 148 valence electrons. The maximum Gasteiger partial charge on any atom is 0.339 e. The number of hydrogen-bond acceptors (Lipinski definition) is 3. The molecule has 7 heteroatoms. The Hall–Kier alpha value is -3.09. The van der Waals surface area contributed by atoms with Crippen LogP contribution in [0.25, 0.3) is 0 Å². The fourth-order valence-corrected chi connectivity index (χ4v) is 2.90. The van der Waals surface area contributed by atoms with E-state index >= 15 is 0 Å². The van der Waals surface area contributed by atoms with Crippen molar-refractivity contribution in [2.75, 3.05) is 0 Å². The van der Waals surface area contributed by atoms with Gasteiger partial charge in [-0.15, -0.1) is 0 Å². The standard InChI is InChI=1S/C11H10FNO4.C10H11F/c1-5(14)8(10(13)15)6-3-2-4-7(12)9(6)11(16)17;11-10-3-1-2-9(7-10)6-8-4-5-8/h2-4,8H,1H3,(H2,13,15)(H,16,17);1-3,7-8H,4-6H2. The van der Waals surface area contributed by atoms with E-state index in [2.05, 4.69) is 0 Å². The van der Waals surface area contributed by atoms with Gasteiger partial charge in [0.2, 0.25) is 5.91 Å². The van der Waals surface area contributed by atoms with E-state index in [1.807, 2.05) is 6.07 Å². The smallest absolute Gasteiger partial charge is 0.339 e. The number of carbonyl (C=O) groups excluding carboxylic acids is 2. The number of amides is 1. The molecule has 1 fully saturated rings. The molecule has 0 bridgehead atoms. The van der Waals surface area contributed by atoms with Crippen LogP contribution in [0.5, 0.6) is 0 Å². The summed E-state index contributed by atoms with van der Waals surface area (Å²) in [5.74, 6) is -4.92. The molecule has 2 aromatic rings. The molecule has 0 radical (unpaired) electrons. The van der Waals surface area contributed by atoms with Gasteiger partial charge in [0, 0.05) is 0 Å². The first kappa shape index (κ1) is 21.2. The first-order chi connectivity index (χ1) is 13.2. The number of primary amides is 1. The second-order valence-electron chi connectivity index (χ2n) is 6.73. The van der Waals surface area contributed by atoms with Crippen molar-refractivity contribution in [1.29, 1.82) is 0 Å². The van der Waals surface area contributed by atoms with Gasteiger partial charge in [0.1, 0.15) is 23.3 Å². The molecule has 28 heavy (non-hydrogen) atoms. The number of aromatic carboxylic acids is 1. The molecular weight excluding hydrogens is 368 g/mol. The normalized spacial score (nSPS) is 13.8. The summed E-state index contributed by atoms with van der Waals surface area (Å²) in [4.78, 5) is 33.3. The number of Topliss-reactive ketones (excluding diaryl/α,β-unsaturated/α-hetero) is 1. The molecule has 1 atom stereocenters. The molecule has 3 rings (SSSR count). The number of ketones is 1. The number of carboxylic acids is 1. The summed E-state index contributed by atoms with van der Waals surface area (Å²) in [6.07, 6.45) is 3.73. The van der Waals surface area contributed by atoms with Crippen molar-refractivity contribution in [1.82, 2.24) is 0 Å². The number of carbonyl (C=O) groups is 3. The largest absolute Gasteiger partial charge is 0.478 e. The third-order valence-corrected chi connectivity index (χ3v) is 4.37. The van der Waals surface area contributed by atoms with Crippen LogP contribution in [0.3, 0.4) is 0 Å². The van der Waals surface area contributed by atoms with Crippen molar-refractivity contribution in [2.24, 2.45) is 11.7 Å². The molecule has 2 aromatic carbocycles. The second kappa shape index (κ2) is 9.21. The zero-order valence-corrected chi connectivity index (χ0v) is 15.3. The van der Waals surface area contributed by atoms with Gasteiger partial charge < -0.3 is 10.8 Å². The van der Waals surface area contributed by atoms with E-state index < -0.39 is 35.0 Å². The molecule has 0 aliphatic heterocycles. The minimum atomic E-state index is -1.55. The molecule has 1 unspecified atom stereocenters. The number of halogens is 2. The van der Waals surface area contributed by atoms with Crippen molar-refractivity contribution >= 4 is 17.7 Å². The van der Waals surface area contributed by atoms with Crippen LogP contribution in [0.1, 0.15) is 47.2 Å². The summed E-state index contributed by atoms with van der Waals surface area (Å²) in [6.45, 7) is 1.09. The van der Waals surface area contributed by atoms with Crippen LogP contribution < -0.4 is 5.73 Å². The quantitative estimate of drug-likeness (QED) is 0.740. The van der Waals surface area contributed by atoms with Crippen LogP contribution in [0.4, 0.5) is 8.78 Å². The van der Waals surface area contributed by atoms with E-state index in [1.54, 1.807) is 12.1 Å². The molecule has 0 spiro atoms. The summed E-state index contributed by atoms with van der Waals surface area (Å²) in [6, 6.07) is 10.3. The van der Waals surface area contributed by atoms with E-state index in [0.29, 0.717) is 0 Å². The molecule has 5 nitrogen and oxygen atoms in total. The molecule has 0 heterocycles. The minimum absolute atomic E-state index is 0.108. The monoisotopic (exact) mass is 389 g/mol. The van der Waals surface area contributed by atoms with Gasteiger partial charge in [0.25, 0.3) is 0 Å². The van der Waals surface area contributed by atoms with Crippen LogP contribution in [-0.2, 0) is 16.0 Å². The average molecular weight is 389 g/mol. The predicted octanol–water partition coefficient (Wildman–Crippen LogP) is 3.46. The number of benzene rings is 2. The molecule has 0 aromatic heterocycles. The van der Waals surface area contributed by atoms with Gasteiger partial charge in [-0.1, -0.05) is 24.3 Å². The van der Waals surface area contributed by atoms with Crippen molar-refractivity contribution in [3.63, 3.8) is 0 Å². The van der Waals surface area contributed by atoms with E-state index in [-0.39, 0.29) is 11.4 Å². The highest BCUT2D eigenvalue weighted by molar-refractivity contribution is 6.07. The Labute approximate surface area is 161 Å². The van der Waals surface area contributed by atoms with E-state index in [4.69, 9.17) is 10.8 Å². The lowest BCUT2D eigenvalue weighted by Crippen LogP contribution is -2.28. The van der Waals surface area contributed by atoms with Gasteiger partial charge >= 0.3 is 5.97 Å². The maximum absolute atomic E-state index is 13.3. The van der Waals surface area contributed by atoms with Gasteiger partial charge in [0.15, 0.2) is 0 Å². The summed E-state index contributed by atoms with van der Waals surface area (Å²) in [5, 5.41) is 8.86. The van der Waals surface area contributed by atoms with E-state index in [9.17, 15) is 23.2 Å². The summed E-state index contributed by atoms with van der Waals surface area (Å²) in [5.41, 5.74) is 5.23. The van der Waals surface area contributed by atoms with Crippen molar-refractivity contribution in [3.05, 3.63) is 70.8 Å². The number of carboxylic acid groups (broad SMARTS) is 1. The van der Waals surface area contributed by atoms with Crippen molar-refractivity contribution < 1.29 is 28.3 Å². The number of nitrogens with two attached hydrogens (primary N) is 1. The SMILES string of the molecule is CC(=O)C(C(N)=O)c1cccc(F)c1C(=O)O.Fc1cccc(CC2CC2)c1. The first-order valence-corrected chi connectivity index (χ1v) is 8.76. The van der Waals surface area contributed by atoms with Crippen LogP contribution in [0, 0.1) is 17.6 Å². The average Bonchev–Trinajstić information content (AvgIpc) is 3.38. The second-order valence-corrected chi connectivity index (χ2v) is 6.73. The highest BCUT2D eigenvalue weighted by Gasteiger charge is 2.29. The first-order valence-electron chi connectivity index (χ1n) is 8.76. The van der Waals surface area contributed by atoms with E-state index in [0.717, 1.165) is 30.9 Å². The Morgan fingerprint density at radius 2 is 1.79 bits per heavy atom. The zero-order valence-electron chi connectivity index (χ0n) is 15.3. The molecule has 1 aliphatic carbocycles. The molecule has 3 N–H and O–H groups in total. The third-order valence-electron chi connectivity index (χ3n) is 4.37. The summed E-state index contributed by atoms with van der Waals surface area (Å²) < 4.78 is 26.0. The van der Waals surface area contributed by atoms with Gasteiger partial charge in [-0.3, -0.25) is 9.59 Å². The third kappa shape index (κ3) is 5.70. The highest BCUT2D eigenvalue weighted by Crippen LogP contribution is 2.32. The Morgan fingerprint density at radius 1 is 1.14 bits per heavy atom. The minimum Gasteiger partial charge on any atom is -0.478 e. The van der Waals surface area contributed by atoms with Gasteiger partial charge in [-0.05, 0) is 61.4 Å². The number of rotatable bonds is 6. The zero-order chi connectivity index (χ0) is 20.8. The molecular formula is C21H21F2NO4. The Kier molecular flexibility index (Phi) is 6.98. The molecule has 1 aliphatic rings. The van der Waals surface area contributed by atoms with Gasteiger partial charge in [-0.2, -0.15) is 0 Å². The van der Waals surface area contributed by atoms with Gasteiger partial charge in [0.05, 0.1) is 5.56 Å². The van der Waals surface area contributed by atoms with Crippen LogP contribution in [-0.4, -0.2) is 22.8 Å². The Bertz CT molecular complexity index is 880. The van der Waals surface area contributed by atoms with Crippen molar-refractivity contribution in [2.45, 2.75) is 32.1 Å². The molecule has 1 saturated carbocycles. The van der Waals surface area contributed by atoms with Crippen LogP contribution in [0.2, 0.25) is 0 Å². The fraction of sp³-hybridized carbons (Fsp3) is 0.286. The topological polar surface area (TPSA) is 97.5 Å². The molecule has 0 saturated heterocycles. The van der Waals surface area contributed by atoms with Crippen LogP contribution in [0.15, 0.2) is 42.5 Å². The van der Waals surface area contributed by atoms with E-state index in [1.165, 1.54) is 31.0 Å². The Balaban J connectivity index is 0.000000218. The molecule has 1 amide bonds. The summed E-state index contributed by atoms with van der Waals surface area (Å²) in [7, 11) is 0. The number of hydrogen-bond donors (Lipinski definition) is 2. The predicted molar refractivity (Wildman–Crippen MR) is 98.8 cm³/mol. The Morgan fingerprint density at radius 3 is 2.29 bits per heavy atom. The highest BCUT2D eigenvalue weighted by atomic mass is 19.1. The fourth-order valence-electron chi connectivity index (χ4n) is 2.90. The lowest BCUT2D eigenvalue weighted by molar-refractivity contribution is -0.127. The lowest BCUT2D eigenvalue weighted by atomic mass is 9.90. The van der Waals surface area contributed by atoms with Crippen molar-refractivity contribution in [3.8, 4) is 0 Å². The lowest BCUT2D eigenvalue weighted by Gasteiger charge is -2.13.